The number of benzene rings is 2. The number of rotatable bonds is 3. The topological polar surface area (TPSA) is 54.1 Å². The monoisotopic (exact) mass is 300 g/mol. The van der Waals surface area contributed by atoms with Crippen molar-refractivity contribution in [3.8, 4) is 5.75 Å². The molecule has 0 fully saturated rings. The average molecular weight is 301 g/mol. The predicted molar refractivity (Wildman–Crippen MR) is 84.3 cm³/mol. The predicted octanol–water partition coefficient (Wildman–Crippen LogP) is 4.08. The fourth-order valence-electron chi connectivity index (χ4n) is 2.17. The lowest BCUT2D eigenvalue weighted by atomic mass is 10.1. The standard InChI is InChI=1S/C16H13ClN2O2/c1-21-10-6-7-11-12(9-18-15(11)8-10)16(20)19-14-5-3-2-4-13(14)17/h2-9,18H,1H3,(H,19,20). The number of hydrogen-bond acceptors (Lipinski definition) is 2. The third kappa shape index (κ3) is 2.58. The van der Waals surface area contributed by atoms with Gasteiger partial charge < -0.3 is 15.0 Å². The third-order valence-corrected chi connectivity index (χ3v) is 3.59. The first kappa shape index (κ1) is 13.5. The second-order valence-electron chi connectivity index (χ2n) is 4.55. The number of para-hydroxylation sites is 1. The lowest BCUT2D eigenvalue weighted by Gasteiger charge is -2.06. The summed E-state index contributed by atoms with van der Waals surface area (Å²) in [4.78, 5) is 15.4. The lowest BCUT2D eigenvalue weighted by Crippen LogP contribution is -2.11. The molecule has 1 heterocycles. The highest BCUT2D eigenvalue weighted by Crippen LogP contribution is 2.25. The largest absolute Gasteiger partial charge is 0.497 e. The van der Waals surface area contributed by atoms with Gasteiger partial charge in [0.2, 0.25) is 0 Å². The average Bonchev–Trinajstić information content (AvgIpc) is 2.92. The molecule has 106 valence electrons. The van der Waals surface area contributed by atoms with Crippen LogP contribution in [-0.2, 0) is 0 Å². The second-order valence-corrected chi connectivity index (χ2v) is 4.96. The Bertz CT molecular complexity index is 811. The molecule has 0 saturated carbocycles. The Morgan fingerprint density at radius 3 is 2.81 bits per heavy atom. The number of aromatic nitrogens is 1. The maximum atomic E-state index is 12.4. The van der Waals surface area contributed by atoms with Crippen LogP contribution in [0.2, 0.25) is 5.02 Å². The zero-order chi connectivity index (χ0) is 14.8. The third-order valence-electron chi connectivity index (χ3n) is 3.26. The Hall–Kier alpha value is -2.46. The van der Waals surface area contributed by atoms with Crippen molar-refractivity contribution < 1.29 is 9.53 Å². The van der Waals surface area contributed by atoms with Gasteiger partial charge in [-0.3, -0.25) is 4.79 Å². The number of anilines is 1. The van der Waals surface area contributed by atoms with Gasteiger partial charge in [0.25, 0.3) is 5.91 Å². The van der Waals surface area contributed by atoms with Crippen molar-refractivity contribution in [1.82, 2.24) is 4.98 Å². The highest BCUT2D eigenvalue weighted by molar-refractivity contribution is 6.34. The zero-order valence-corrected chi connectivity index (χ0v) is 12.1. The second kappa shape index (κ2) is 5.50. The molecule has 0 aliphatic carbocycles. The molecule has 3 rings (SSSR count). The molecule has 0 unspecified atom stereocenters. The summed E-state index contributed by atoms with van der Waals surface area (Å²) in [5.41, 5.74) is 2.00. The fourth-order valence-corrected chi connectivity index (χ4v) is 2.36. The van der Waals surface area contributed by atoms with E-state index in [1.807, 2.05) is 30.3 Å². The van der Waals surface area contributed by atoms with Crippen molar-refractivity contribution in [3.05, 3.63) is 59.2 Å². The Morgan fingerprint density at radius 2 is 2.05 bits per heavy atom. The summed E-state index contributed by atoms with van der Waals surface area (Å²) in [6.45, 7) is 0. The van der Waals surface area contributed by atoms with E-state index in [0.29, 0.717) is 16.3 Å². The molecule has 1 aromatic heterocycles. The molecule has 2 N–H and O–H groups in total. The van der Waals surface area contributed by atoms with E-state index in [0.717, 1.165) is 16.7 Å². The molecule has 0 saturated heterocycles. The van der Waals surface area contributed by atoms with Gasteiger partial charge in [-0.2, -0.15) is 0 Å². The molecule has 0 radical (unpaired) electrons. The minimum absolute atomic E-state index is 0.209. The number of H-pyrrole nitrogens is 1. The van der Waals surface area contributed by atoms with E-state index in [9.17, 15) is 4.79 Å². The van der Waals surface area contributed by atoms with E-state index < -0.39 is 0 Å². The normalized spacial score (nSPS) is 10.6. The van der Waals surface area contributed by atoms with Gasteiger partial charge >= 0.3 is 0 Å². The summed E-state index contributed by atoms with van der Waals surface area (Å²) >= 11 is 6.05. The molecule has 3 aromatic rings. The number of ether oxygens (including phenoxy) is 1. The summed E-state index contributed by atoms with van der Waals surface area (Å²) in [5, 5.41) is 4.15. The number of nitrogens with one attached hydrogen (secondary N) is 2. The Labute approximate surface area is 126 Å². The number of methoxy groups -OCH3 is 1. The van der Waals surface area contributed by atoms with Crippen LogP contribution in [0, 0.1) is 0 Å². The van der Waals surface area contributed by atoms with E-state index in [1.54, 1.807) is 25.4 Å². The van der Waals surface area contributed by atoms with Gasteiger partial charge in [0.05, 0.1) is 23.4 Å². The molecule has 21 heavy (non-hydrogen) atoms. The molecule has 2 aromatic carbocycles. The number of hydrogen-bond donors (Lipinski definition) is 2. The minimum atomic E-state index is -0.209. The van der Waals surface area contributed by atoms with Crippen LogP contribution in [0.1, 0.15) is 10.4 Å². The van der Waals surface area contributed by atoms with Crippen molar-refractivity contribution in [2.24, 2.45) is 0 Å². The maximum Gasteiger partial charge on any atom is 0.257 e. The summed E-state index contributed by atoms with van der Waals surface area (Å²) in [6.07, 6.45) is 1.68. The van der Waals surface area contributed by atoms with Crippen LogP contribution in [-0.4, -0.2) is 18.0 Å². The van der Waals surface area contributed by atoms with Crippen LogP contribution in [0.5, 0.6) is 5.75 Å². The molecule has 0 aliphatic rings. The quantitative estimate of drug-likeness (QED) is 0.765. The van der Waals surface area contributed by atoms with E-state index in [-0.39, 0.29) is 5.91 Å². The van der Waals surface area contributed by atoms with Gasteiger partial charge in [0.15, 0.2) is 0 Å². The lowest BCUT2D eigenvalue weighted by molar-refractivity contribution is 0.102. The smallest absolute Gasteiger partial charge is 0.257 e. The number of fused-ring (bicyclic) bond motifs is 1. The van der Waals surface area contributed by atoms with Gasteiger partial charge in [-0.05, 0) is 24.3 Å². The van der Waals surface area contributed by atoms with Crippen LogP contribution < -0.4 is 10.1 Å². The molecule has 0 bridgehead atoms. The number of halogens is 1. The van der Waals surface area contributed by atoms with Crippen LogP contribution >= 0.6 is 11.6 Å². The Balaban J connectivity index is 1.93. The summed E-state index contributed by atoms with van der Waals surface area (Å²) in [7, 11) is 1.61. The number of aromatic amines is 1. The molecule has 1 amide bonds. The first-order valence-corrected chi connectivity index (χ1v) is 6.78. The first-order valence-electron chi connectivity index (χ1n) is 6.40. The van der Waals surface area contributed by atoms with E-state index >= 15 is 0 Å². The van der Waals surface area contributed by atoms with Gasteiger partial charge in [0, 0.05) is 23.2 Å². The van der Waals surface area contributed by atoms with Gasteiger partial charge in [-0.1, -0.05) is 23.7 Å². The SMILES string of the molecule is COc1ccc2c(C(=O)Nc3ccccc3Cl)c[nH]c2c1. The highest BCUT2D eigenvalue weighted by Gasteiger charge is 2.13. The molecule has 4 nitrogen and oxygen atoms in total. The van der Waals surface area contributed by atoms with Gasteiger partial charge in [-0.25, -0.2) is 0 Å². The van der Waals surface area contributed by atoms with Gasteiger partial charge in [-0.15, -0.1) is 0 Å². The molecule has 0 spiro atoms. The van der Waals surface area contributed by atoms with Crippen molar-refractivity contribution in [2.75, 3.05) is 12.4 Å². The van der Waals surface area contributed by atoms with Crippen LogP contribution in [0.15, 0.2) is 48.7 Å². The van der Waals surface area contributed by atoms with Crippen molar-refractivity contribution in [1.29, 1.82) is 0 Å². The van der Waals surface area contributed by atoms with Crippen molar-refractivity contribution in [2.45, 2.75) is 0 Å². The fraction of sp³-hybridized carbons (Fsp3) is 0.0625. The van der Waals surface area contributed by atoms with Crippen LogP contribution in [0.3, 0.4) is 0 Å². The summed E-state index contributed by atoms with van der Waals surface area (Å²) in [5.74, 6) is 0.530. The minimum Gasteiger partial charge on any atom is -0.497 e. The summed E-state index contributed by atoms with van der Waals surface area (Å²) in [6, 6.07) is 12.7. The molecule has 5 heteroatoms. The van der Waals surface area contributed by atoms with E-state index in [4.69, 9.17) is 16.3 Å². The van der Waals surface area contributed by atoms with E-state index in [1.165, 1.54) is 0 Å². The molecular formula is C16H13ClN2O2. The highest BCUT2D eigenvalue weighted by atomic mass is 35.5. The Morgan fingerprint density at radius 1 is 1.24 bits per heavy atom. The number of carbonyl (C=O) groups excluding carboxylic acids is 1. The number of carbonyl (C=O) groups is 1. The number of amides is 1. The summed E-state index contributed by atoms with van der Waals surface area (Å²) < 4.78 is 5.17. The van der Waals surface area contributed by atoms with Crippen LogP contribution in [0.25, 0.3) is 10.9 Å². The molecule has 0 atom stereocenters. The van der Waals surface area contributed by atoms with Gasteiger partial charge in [0.1, 0.15) is 5.75 Å². The molecular weight excluding hydrogens is 288 g/mol. The Kier molecular flexibility index (Phi) is 3.54. The molecule has 0 aliphatic heterocycles. The van der Waals surface area contributed by atoms with Crippen LogP contribution in [0.4, 0.5) is 5.69 Å². The zero-order valence-electron chi connectivity index (χ0n) is 11.3. The van der Waals surface area contributed by atoms with E-state index in [2.05, 4.69) is 10.3 Å². The maximum absolute atomic E-state index is 12.4. The van der Waals surface area contributed by atoms with Crippen molar-refractivity contribution in [3.63, 3.8) is 0 Å². The first-order chi connectivity index (χ1) is 10.2. The van der Waals surface area contributed by atoms with Crippen molar-refractivity contribution >= 4 is 34.1 Å².